The van der Waals surface area contributed by atoms with Crippen molar-refractivity contribution in [1.29, 1.82) is 0 Å². The Balaban J connectivity index is 2.53. The van der Waals surface area contributed by atoms with Crippen LogP contribution in [0.5, 0.6) is 0 Å². The number of carboxylic acids is 1. The highest BCUT2D eigenvalue weighted by Gasteiger charge is 2.15. The molecule has 0 aliphatic carbocycles. The highest BCUT2D eigenvalue weighted by atomic mass is 16.4. The first kappa shape index (κ1) is 13.9. The summed E-state index contributed by atoms with van der Waals surface area (Å²) in [5.41, 5.74) is 10.0. The summed E-state index contributed by atoms with van der Waals surface area (Å²) in [5.74, 6) is -1.01. The van der Waals surface area contributed by atoms with Gasteiger partial charge in [0.15, 0.2) is 0 Å². The van der Waals surface area contributed by atoms with Crippen molar-refractivity contribution in [2.45, 2.75) is 13.8 Å². The number of nitrogen functional groups attached to an aromatic ring is 1. The highest BCUT2D eigenvalue weighted by Crippen LogP contribution is 2.30. The van der Waals surface area contributed by atoms with Crippen molar-refractivity contribution in [3.63, 3.8) is 0 Å². The van der Waals surface area contributed by atoms with E-state index in [0.29, 0.717) is 5.69 Å². The number of carboxylic acid groups (broad SMARTS) is 1. The summed E-state index contributed by atoms with van der Waals surface area (Å²) in [6, 6.07) is 11.5. The van der Waals surface area contributed by atoms with Crippen molar-refractivity contribution in [3.05, 3.63) is 53.1 Å². The van der Waals surface area contributed by atoms with Crippen LogP contribution in [0.2, 0.25) is 0 Å². The van der Waals surface area contributed by atoms with Gasteiger partial charge in [-0.15, -0.1) is 0 Å². The lowest BCUT2D eigenvalue weighted by molar-refractivity contribution is 0.0698. The molecule has 2 aromatic rings. The van der Waals surface area contributed by atoms with Gasteiger partial charge < -0.3 is 15.7 Å². The van der Waals surface area contributed by atoms with Crippen molar-refractivity contribution in [3.8, 4) is 0 Å². The average Bonchev–Trinajstić information content (AvgIpc) is 2.41. The molecule has 104 valence electrons. The standard InChI is InChI=1S/C16H18N2O2/c1-10-6-4-5-7-14(10)18(3)12-8-11(2)15(17)13(9-12)16(19)20/h4-9H,17H2,1-3H3,(H,19,20). The maximum Gasteiger partial charge on any atom is 0.337 e. The fourth-order valence-electron chi connectivity index (χ4n) is 2.23. The molecule has 0 radical (unpaired) electrons. The number of rotatable bonds is 3. The van der Waals surface area contributed by atoms with Crippen LogP contribution >= 0.6 is 0 Å². The average molecular weight is 270 g/mol. The monoisotopic (exact) mass is 270 g/mol. The van der Waals surface area contributed by atoms with Crippen LogP contribution in [0.1, 0.15) is 21.5 Å². The van der Waals surface area contributed by atoms with Crippen LogP contribution in [-0.4, -0.2) is 18.1 Å². The summed E-state index contributed by atoms with van der Waals surface area (Å²) in [6.07, 6.45) is 0. The van der Waals surface area contributed by atoms with Crippen LogP contribution in [-0.2, 0) is 0 Å². The summed E-state index contributed by atoms with van der Waals surface area (Å²) in [5, 5.41) is 9.22. The molecule has 0 heterocycles. The molecule has 4 heteroatoms. The Morgan fingerprint density at radius 1 is 1.15 bits per heavy atom. The van der Waals surface area contributed by atoms with Crippen molar-refractivity contribution >= 4 is 23.0 Å². The van der Waals surface area contributed by atoms with Crippen LogP contribution in [0.15, 0.2) is 36.4 Å². The van der Waals surface area contributed by atoms with E-state index in [0.717, 1.165) is 22.5 Å². The lowest BCUT2D eigenvalue weighted by Crippen LogP contribution is -2.13. The SMILES string of the molecule is Cc1ccccc1N(C)c1cc(C)c(N)c(C(=O)O)c1. The number of nitrogens with zero attached hydrogens (tertiary/aromatic N) is 1. The van der Waals surface area contributed by atoms with Crippen molar-refractivity contribution in [2.24, 2.45) is 0 Å². The zero-order valence-corrected chi connectivity index (χ0v) is 11.8. The van der Waals surface area contributed by atoms with E-state index >= 15 is 0 Å². The number of carbonyl (C=O) groups is 1. The van der Waals surface area contributed by atoms with Gasteiger partial charge in [0.2, 0.25) is 0 Å². The van der Waals surface area contributed by atoms with Crippen LogP contribution in [0, 0.1) is 13.8 Å². The van der Waals surface area contributed by atoms with Gasteiger partial charge in [0.05, 0.1) is 5.56 Å². The molecule has 2 rings (SSSR count). The smallest absolute Gasteiger partial charge is 0.337 e. The Kier molecular flexibility index (Phi) is 3.66. The largest absolute Gasteiger partial charge is 0.478 e. The Hall–Kier alpha value is -2.49. The van der Waals surface area contributed by atoms with E-state index in [1.165, 1.54) is 0 Å². The van der Waals surface area contributed by atoms with Crippen molar-refractivity contribution in [1.82, 2.24) is 0 Å². The molecule has 4 nitrogen and oxygen atoms in total. The molecular weight excluding hydrogens is 252 g/mol. The molecule has 20 heavy (non-hydrogen) atoms. The second kappa shape index (κ2) is 5.25. The van der Waals surface area contributed by atoms with Gasteiger partial charge in [-0.2, -0.15) is 0 Å². The summed E-state index contributed by atoms with van der Waals surface area (Å²) in [4.78, 5) is 13.2. The molecule has 0 aliphatic heterocycles. The normalized spacial score (nSPS) is 10.3. The third kappa shape index (κ3) is 2.45. The Morgan fingerprint density at radius 2 is 1.80 bits per heavy atom. The molecular formula is C16H18N2O2. The summed E-state index contributed by atoms with van der Waals surface area (Å²) in [7, 11) is 1.92. The summed E-state index contributed by atoms with van der Waals surface area (Å²) in [6.45, 7) is 3.84. The van der Waals surface area contributed by atoms with Gasteiger partial charge in [0.25, 0.3) is 0 Å². The Bertz CT molecular complexity index is 666. The molecule has 3 N–H and O–H groups in total. The zero-order valence-electron chi connectivity index (χ0n) is 11.8. The van der Waals surface area contributed by atoms with E-state index in [1.807, 2.05) is 56.1 Å². The number of para-hydroxylation sites is 1. The first-order chi connectivity index (χ1) is 9.41. The first-order valence-corrected chi connectivity index (χ1v) is 6.34. The predicted octanol–water partition coefficient (Wildman–Crippen LogP) is 3.35. The minimum Gasteiger partial charge on any atom is -0.478 e. The van der Waals surface area contributed by atoms with E-state index < -0.39 is 5.97 Å². The van der Waals surface area contributed by atoms with Crippen molar-refractivity contribution in [2.75, 3.05) is 17.7 Å². The third-order valence-electron chi connectivity index (χ3n) is 3.47. The van der Waals surface area contributed by atoms with Gasteiger partial charge in [0, 0.05) is 24.1 Å². The van der Waals surface area contributed by atoms with Gasteiger partial charge >= 0.3 is 5.97 Å². The number of benzene rings is 2. The van der Waals surface area contributed by atoms with Gasteiger partial charge in [-0.05, 0) is 43.2 Å². The molecule has 0 aliphatic rings. The fourth-order valence-corrected chi connectivity index (χ4v) is 2.23. The Morgan fingerprint density at radius 3 is 2.40 bits per heavy atom. The molecule has 0 fully saturated rings. The van der Waals surface area contributed by atoms with E-state index in [-0.39, 0.29) is 5.56 Å². The van der Waals surface area contributed by atoms with E-state index in [1.54, 1.807) is 6.07 Å². The molecule has 0 atom stereocenters. The van der Waals surface area contributed by atoms with Gasteiger partial charge in [-0.25, -0.2) is 4.79 Å². The van der Waals surface area contributed by atoms with Crippen molar-refractivity contribution < 1.29 is 9.90 Å². The maximum atomic E-state index is 11.3. The molecule has 0 amide bonds. The van der Waals surface area contributed by atoms with E-state index in [9.17, 15) is 9.90 Å². The zero-order chi connectivity index (χ0) is 14.9. The lowest BCUT2D eigenvalue weighted by atomic mass is 10.1. The molecule has 2 aromatic carbocycles. The number of aromatic carboxylic acids is 1. The first-order valence-electron chi connectivity index (χ1n) is 6.34. The van der Waals surface area contributed by atoms with E-state index in [2.05, 4.69) is 0 Å². The molecule has 0 bridgehead atoms. The van der Waals surface area contributed by atoms with E-state index in [4.69, 9.17) is 5.73 Å². The molecule has 0 saturated heterocycles. The topological polar surface area (TPSA) is 66.6 Å². The molecule has 0 unspecified atom stereocenters. The molecule has 0 aromatic heterocycles. The lowest BCUT2D eigenvalue weighted by Gasteiger charge is -2.23. The van der Waals surface area contributed by atoms with Gasteiger partial charge in [-0.1, -0.05) is 18.2 Å². The Labute approximate surface area is 118 Å². The van der Waals surface area contributed by atoms with Crippen LogP contribution in [0.25, 0.3) is 0 Å². The third-order valence-corrected chi connectivity index (χ3v) is 3.47. The van der Waals surface area contributed by atoms with Crippen LogP contribution < -0.4 is 10.6 Å². The summed E-state index contributed by atoms with van der Waals surface area (Å²) < 4.78 is 0. The molecule has 0 saturated carbocycles. The number of anilines is 3. The highest BCUT2D eigenvalue weighted by molar-refractivity contribution is 5.96. The summed E-state index contributed by atoms with van der Waals surface area (Å²) >= 11 is 0. The number of aryl methyl sites for hydroxylation is 2. The van der Waals surface area contributed by atoms with Gasteiger partial charge in [0.1, 0.15) is 0 Å². The fraction of sp³-hybridized carbons (Fsp3) is 0.188. The predicted molar refractivity (Wildman–Crippen MR) is 81.8 cm³/mol. The second-order valence-corrected chi connectivity index (χ2v) is 4.87. The maximum absolute atomic E-state index is 11.3. The van der Waals surface area contributed by atoms with Crippen LogP contribution in [0.3, 0.4) is 0 Å². The number of hydrogen-bond acceptors (Lipinski definition) is 3. The van der Waals surface area contributed by atoms with Crippen LogP contribution in [0.4, 0.5) is 17.1 Å². The number of hydrogen-bond donors (Lipinski definition) is 2. The minimum atomic E-state index is -1.01. The minimum absolute atomic E-state index is 0.139. The number of nitrogens with two attached hydrogens (primary N) is 1. The van der Waals surface area contributed by atoms with Gasteiger partial charge in [-0.3, -0.25) is 0 Å². The quantitative estimate of drug-likeness (QED) is 0.839. The second-order valence-electron chi connectivity index (χ2n) is 4.87. The molecule has 0 spiro atoms.